The molecule has 1 fully saturated rings. The van der Waals surface area contributed by atoms with Crippen molar-refractivity contribution in [3.63, 3.8) is 0 Å². The number of nitrogens with one attached hydrogen (secondary N) is 1. The molecule has 0 radical (unpaired) electrons. The van der Waals surface area contributed by atoms with E-state index in [4.69, 9.17) is 14.6 Å². The van der Waals surface area contributed by atoms with Crippen molar-refractivity contribution in [2.24, 2.45) is 0 Å². The highest BCUT2D eigenvalue weighted by Crippen LogP contribution is 2.24. The van der Waals surface area contributed by atoms with Crippen LogP contribution >= 0.6 is 0 Å². The number of aromatic nitrogens is 2. The van der Waals surface area contributed by atoms with Crippen molar-refractivity contribution in [1.29, 1.82) is 0 Å². The van der Waals surface area contributed by atoms with Crippen LogP contribution in [0.3, 0.4) is 0 Å². The molecule has 4 rings (SSSR count). The first-order valence-corrected chi connectivity index (χ1v) is 11.0. The minimum absolute atomic E-state index is 0.0526. The molecule has 1 aromatic heterocycles. The fraction of sp³-hybridized carbons (Fsp3) is 0.565. The van der Waals surface area contributed by atoms with Gasteiger partial charge in [-0.3, -0.25) is 9.48 Å². The van der Waals surface area contributed by atoms with E-state index in [9.17, 15) is 4.79 Å². The third-order valence-electron chi connectivity index (χ3n) is 5.81. The van der Waals surface area contributed by atoms with E-state index in [2.05, 4.69) is 53.0 Å². The Bertz CT molecular complexity index is 854. The molecule has 0 atom stereocenters. The Hall–Kier alpha value is -2.38. The largest absolute Gasteiger partial charge is 0.378 e. The molecule has 30 heavy (non-hydrogen) atoms. The lowest BCUT2D eigenvalue weighted by atomic mass is 10.1. The van der Waals surface area contributed by atoms with Gasteiger partial charge in [-0.1, -0.05) is 12.1 Å². The van der Waals surface area contributed by atoms with E-state index in [-0.39, 0.29) is 5.91 Å². The van der Waals surface area contributed by atoms with Gasteiger partial charge in [0.25, 0.3) is 0 Å². The van der Waals surface area contributed by atoms with Crippen LogP contribution in [0.15, 0.2) is 24.3 Å². The molecule has 1 amide bonds. The monoisotopic (exact) mass is 412 g/mol. The number of morpholine rings is 1. The quantitative estimate of drug-likeness (QED) is 0.757. The highest BCUT2D eigenvalue weighted by molar-refractivity contribution is 5.76. The molecular weight excluding hydrogens is 380 g/mol. The average Bonchev–Trinajstić information content (AvgIpc) is 3.16. The van der Waals surface area contributed by atoms with Crippen molar-refractivity contribution in [2.45, 2.75) is 52.3 Å². The van der Waals surface area contributed by atoms with Gasteiger partial charge < -0.3 is 19.7 Å². The Morgan fingerprint density at radius 2 is 1.90 bits per heavy atom. The third-order valence-corrected chi connectivity index (χ3v) is 5.81. The Balaban J connectivity index is 1.28. The van der Waals surface area contributed by atoms with E-state index in [1.54, 1.807) is 0 Å². The molecule has 0 bridgehead atoms. The van der Waals surface area contributed by atoms with Gasteiger partial charge in [-0.15, -0.1) is 0 Å². The summed E-state index contributed by atoms with van der Waals surface area (Å²) in [7, 11) is 0. The summed E-state index contributed by atoms with van der Waals surface area (Å²) in [6, 6.07) is 8.74. The fourth-order valence-electron chi connectivity index (χ4n) is 4.13. The summed E-state index contributed by atoms with van der Waals surface area (Å²) in [5.74, 6) is 0.0526. The zero-order chi connectivity index (χ0) is 20.9. The first-order valence-electron chi connectivity index (χ1n) is 11.0. The molecule has 162 valence electrons. The maximum absolute atomic E-state index is 12.4. The summed E-state index contributed by atoms with van der Waals surface area (Å²) in [5.41, 5.74) is 5.77. The van der Waals surface area contributed by atoms with Crippen molar-refractivity contribution < 1.29 is 14.3 Å². The summed E-state index contributed by atoms with van der Waals surface area (Å²) >= 11 is 0. The first kappa shape index (κ1) is 20.9. The van der Waals surface area contributed by atoms with Gasteiger partial charge in [0.05, 0.1) is 32.1 Å². The van der Waals surface area contributed by atoms with Crippen LogP contribution in [0.2, 0.25) is 0 Å². The van der Waals surface area contributed by atoms with E-state index in [0.29, 0.717) is 32.0 Å². The van der Waals surface area contributed by atoms with Gasteiger partial charge in [0.1, 0.15) is 0 Å². The predicted molar refractivity (Wildman–Crippen MR) is 116 cm³/mol. The van der Waals surface area contributed by atoms with Crippen molar-refractivity contribution in [3.05, 3.63) is 46.8 Å². The van der Waals surface area contributed by atoms with E-state index in [1.165, 1.54) is 16.9 Å². The number of rotatable bonds is 7. The van der Waals surface area contributed by atoms with E-state index in [1.807, 2.05) is 0 Å². The summed E-state index contributed by atoms with van der Waals surface area (Å²) in [6.45, 7) is 9.60. The molecular formula is C23H32N4O3. The van der Waals surface area contributed by atoms with Crippen LogP contribution < -0.4 is 10.2 Å². The molecule has 1 N–H and O–H groups in total. The van der Waals surface area contributed by atoms with Gasteiger partial charge in [0, 0.05) is 61.9 Å². The molecule has 2 aliphatic rings. The Labute approximate surface area is 178 Å². The topological polar surface area (TPSA) is 68.6 Å². The second kappa shape index (κ2) is 9.62. The summed E-state index contributed by atoms with van der Waals surface area (Å²) in [6.07, 6.45) is 1.98. The molecule has 2 aliphatic heterocycles. The van der Waals surface area contributed by atoms with Crippen LogP contribution in [-0.4, -0.2) is 48.6 Å². The number of benzene rings is 1. The van der Waals surface area contributed by atoms with E-state index >= 15 is 0 Å². The number of fused-ring (bicyclic) bond motifs is 1. The average molecular weight is 413 g/mol. The third kappa shape index (κ3) is 4.84. The molecule has 0 aliphatic carbocycles. The molecule has 2 aromatic rings. The number of hydrogen-bond acceptors (Lipinski definition) is 5. The maximum Gasteiger partial charge on any atom is 0.220 e. The van der Waals surface area contributed by atoms with Crippen LogP contribution in [-0.2, 0) is 40.3 Å². The second-order valence-electron chi connectivity index (χ2n) is 8.26. The number of aryl methyl sites for hydroxylation is 1. The molecule has 0 unspecified atom stereocenters. The second-order valence-corrected chi connectivity index (χ2v) is 8.26. The molecule has 0 saturated carbocycles. The Morgan fingerprint density at radius 1 is 1.13 bits per heavy atom. The summed E-state index contributed by atoms with van der Waals surface area (Å²) in [4.78, 5) is 14.7. The van der Waals surface area contributed by atoms with Crippen molar-refractivity contribution in [3.8, 4) is 0 Å². The van der Waals surface area contributed by atoms with Gasteiger partial charge in [-0.05, 0) is 31.5 Å². The number of carbonyl (C=O) groups excluding carboxylic acids is 1. The first-order chi connectivity index (χ1) is 14.6. The molecule has 7 nitrogen and oxygen atoms in total. The van der Waals surface area contributed by atoms with Crippen LogP contribution in [0.4, 0.5) is 5.69 Å². The Morgan fingerprint density at radius 3 is 2.63 bits per heavy atom. The highest BCUT2D eigenvalue weighted by Gasteiger charge is 2.22. The number of ether oxygens (including phenoxy) is 2. The van der Waals surface area contributed by atoms with Gasteiger partial charge in [-0.2, -0.15) is 5.10 Å². The lowest BCUT2D eigenvalue weighted by molar-refractivity contribution is -0.121. The molecule has 1 saturated heterocycles. The number of anilines is 1. The van der Waals surface area contributed by atoms with Crippen molar-refractivity contribution in [1.82, 2.24) is 15.1 Å². The van der Waals surface area contributed by atoms with Crippen LogP contribution in [0.25, 0.3) is 0 Å². The number of amides is 1. The maximum atomic E-state index is 12.4. The number of nitrogens with zero attached hydrogens (tertiary/aromatic N) is 3. The molecule has 1 aromatic carbocycles. The molecule has 0 spiro atoms. The summed E-state index contributed by atoms with van der Waals surface area (Å²) in [5, 5.41) is 7.82. The van der Waals surface area contributed by atoms with Crippen LogP contribution in [0.5, 0.6) is 0 Å². The van der Waals surface area contributed by atoms with Gasteiger partial charge in [0.15, 0.2) is 0 Å². The fourth-order valence-corrected chi connectivity index (χ4v) is 4.13. The smallest absolute Gasteiger partial charge is 0.220 e. The summed E-state index contributed by atoms with van der Waals surface area (Å²) < 4.78 is 13.1. The predicted octanol–water partition coefficient (Wildman–Crippen LogP) is 2.62. The van der Waals surface area contributed by atoms with Crippen molar-refractivity contribution in [2.75, 3.05) is 37.8 Å². The normalized spacial score (nSPS) is 16.6. The zero-order valence-electron chi connectivity index (χ0n) is 18.0. The zero-order valence-corrected chi connectivity index (χ0v) is 18.0. The van der Waals surface area contributed by atoms with Gasteiger partial charge in [0.2, 0.25) is 5.91 Å². The number of carbonyl (C=O) groups is 1. The molecule has 3 heterocycles. The van der Waals surface area contributed by atoms with Gasteiger partial charge in [-0.25, -0.2) is 0 Å². The Kier molecular flexibility index (Phi) is 6.69. The lowest BCUT2D eigenvalue weighted by Crippen LogP contribution is -2.36. The minimum Gasteiger partial charge on any atom is -0.378 e. The van der Waals surface area contributed by atoms with Crippen molar-refractivity contribution >= 4 is 11.6 Å². The van der Waals surface area contributed by atoms with Crippen LogP contribution in [0.1, 0.15) is 48.8 Å². The standard InChI is InChI=1S/C23H32N4O3/c1-17(2)27-22-9-12-30-16-20(22)21(25-27)7-8-23(28)24-15-18-3-5-19(6-4-18)26-10-13-29-14-11-26/h3-6,17H,7-16H2,1-2H3,(H,24,28). The lowest BCUT2D eigenvalue weighted by Gasteiger charge is -2.28. The van der Waals surface area contributed by atoms with Gasteiger partial charge >= 0.3 is 0 Å². The minimum atomic E-state index is 0.0526. The van der Waals surface area contributed by atoms with E-state index in [0.717, 1.165) is 50.6 Å². The highest BCUT2D eigenvalue weighted by atomic mass is 16.5. The SMILES string of the molecule is CC(C)n1nc(CCC(=O)NCc2ccc(N3CCOCC3)cc2)c2c1CCOC2. The van der Waals surface area contributed by atoms with Crippen LogP contribution in [0, 0.1) is 0 Å². The molecule has 7 heteroatoms. The van der Waals surface area contributed by atoms with E-state index < -0.39 is 0 Å². The number of hydrogen-bond donors (Lipinski definition) is 1.